The van der Waals surface area contributed by atoms with Crippen LogP contribution < -0.4 is 5.32 Å². The second-order valence-electron chi connectivity index (χ2n) is 6.75. The highest BCUT2D eigenvalue weighted by molar-refractivity contribution is 4.91. The van der Waals surface area contributed by atoms with Crippen molar-refractivity contribution in [3.8, 4) is 0 Å². The average molecular weight is 270 g/mol. The van der Waals surface area contributed by atoms with Crippen molar-refractivity contribution in [2.24, 2.45) is 5.41 Å². The topological polar surface area (TPSA) is 44.7 Å². The van der Waals surface area contributed by atoms with E-state index in [1.54, 1.807) is 0 Å². The van der Waals surface area contributed by atoms with Gasteiger partial charge in [-0.25, -0.2) is 0 Å². The van der Waals surface area contributed by atoms with E-state index < -0.39 is 5.60 Å². The van der Waals surface area contributed by atoms with Crippen LogP contribution in [0.15, 0.2) is 0 Å². The Balaban J connectivity index is 1.94. The second-order valence-corrected chi connectivity index (χ2v) is 6.75. The van der Waals surface area contributed by atoms with E-state index in [4.69, 9.17) is 4.74 Å². The summed E-state index contributed by atoms with van der Waals surface area (Å²) >= 11 is 0. The van der Waals surface area contributed by atoms with Crippen LogP contribution in [0.25, 0.3) is 0 Å². The Morgan fingerprint density at radius 2 is 2.16 bits per heavy atom. The van der Waals surface area contributed by atoms with Crippen molar-refractivity contribution in [1.82, 2.24) is 10.2 Å². The molecule has 2 rings (SSSR count). The molecule has 0 aliphatic carbocycles. The SMILES string of the molecule is CCNCC1(CN2CCCC(C)(O)C2)CCCOC1. The maximum absolute atomic E-state index is 10.2. The van der Waals surface area contributed by atoms with E-state index in [1.165, 1.54) is 6.42 Å². The molecule has 2 aliphatic heterocycles. The lowest BCUT2D eigenvalue weighted by molar-refractivity contribution is -0.0606. The fourth-order valence-electron chi connectivity index (χ4n) is 3.55. The highest BCUT2D eigenvalue weighted by atomic mass is 16.5. The number of nitrogens with one attached hydrogen (secondary N) is 1. The lowest BCUT2D eigenvalue weighted by Crippen LogP contribution is -2.54. The minimum absolute atomic E-state index is 0.238. The minimum Gasteiger partial charge on any atom is -0.389 e. The van der Waals surface area contributed by atoms with E-state index in [1.807, 2.05) is 6.92 Å². The third kappa shape index (κ3) is 4.42. The number of aliphatic hydroxyl groups is 1. The molecule has 0 saturated carbocycles. The monoisotopic (exact) mass is 270 g/mol. The summed E-state index contributed by atoms with van der Waals surface area (Å²) < 4.78 is 5.75. The van der Waals surface area contributed by atoms with Gasteiger partial charge in [-0.3, -0.25) is 4.90 Å². The van der Waals surface area contributed by atoms with Crippen LogP contribution in [0, 0.1) is 5.41 Å². The first kappa shape index (κ1) is 15.2. The fraction of sp³-hybridized carbons (Fsp3) is 1.00. The zero-order valence-electron chi connectivity index (χ0n) is 12.6. The molecule has 0 spiro atoms. The van der Waals surface area contributed by atoms with Crippen molar-refractivity contribution in [3.05, 3.63) is 0 Å². The van der Waals surface area contributed by atoms with E-state index >= 15 is 0 Å². The predicted molar refractivity (Wildman–Crippen MR) is 77.3 cm³/mol. The number of hydrogen-bond acceptors (Lipinski definition) is 4. The number of ether oxygens (including phenoxy) is 1. The third-order valence-electron chi connectivity index (χ3n) is 4.47. The van der Waals surface area contributed by atoms with Gasteiger partial charge in [-0.05, 0) is 45.7 Å². The van der Waals surface area contributed by atoms with Crippen LogP contribution >= 0.6 is 0 Å². The summed E-state index contributed by atoms with van der Waals surface area (Å²) in [6.07, 6.45) is 4.43. The molecule has 0 aromatic carbocycles. The minimum atomic E-state index is -0.507. The maximum atomic E-state index is 10.2. The molecule has 0 aromatic heterocycles. The van der Waals surface area contributed by atoms with Crippen LogP contribution in [0.5, 0.6) is 0 Å². The van der Waals surface area contributed by atoms with Gasteiger partial charge < -0.3 is 15.2 Å². The molecule has 2 fully saturated rings. The van der Waals surface area contributed by atoms with Crippen LogP contribution in [0.4, 0.5) is 0 Å². The second kappa shape index (κ2) is 6.53. The first-order chi connectivity index (χ1) is 9.05. The van der Waals surface area contributed by atoms with E-state index in [2.05, 4.69) is 17.1 Å². The summed E-state index contributed by atoms with van der Waals surface area (Å²) in [6, 6.07) is 0. The first-order valence-corrected chi connectivity index (χ1v) is 7.79. The molecule has 2 heterocycles. The van der Waals surface area contributed by atoms with Gasteiger partial charge >= 0.3 is 0 Å². The lowest BCUT2D eigenvalue weighted by atomic mass is 9.80. The summed E-state index contributed by atoms with van der Waals surface area (Å²) in [6.45, 7) is 10.9. The largest absolute Gasteiger partial charge is 0.389 e. The molecule has 19 heavy (non-hydrogen) atoms. The smallest absolute Gasteiger partial charge is 0.0746 e. The fourth-order valence-corrected chi connectivity index (χ4v) is 3.55. The molecule has 2 N–H and O–H groups in total. The van der Waals surface area contributed by atoms with E-state index in [0.717, 1.165) is 65.2 Å². The van der Waals surface area contributed by atoms with Crippen molar-refractivity contribution < 1.29 is 9.84 Å². The normalized spacial score (nSPS) is 37.4. The van der Waals surface area contributed by atoms with Crippen LogP contribution in [-0.2, 0) is 4.74 Å². The summed E-state index contributed by atoms with van der Waals surface area (Å²) in [5.74, 6) is 0. The third-order valence-corrected chi connectivity index (χ3v) is 4.47. The summed E-state index contributed by atoms with van der Waals surface area (Å²) in [5.41, 5.74) is -0.269. The molecule has 4 heteroatoms. The molecule has 2 atom stereocenters. The molecule has 0 amide bonds. The molecule has 112 valence electrons. The summed E-state index contributed by atoms with van der Waals surface area (Å²) in [4.78, 5) is 2.44. The van der Waals surface area contributed by atoms with Gasteiger partial charge in [0.15, 0.2) is 0 Å². The molecule has 0 aromatic rings. The summed E-state index contributed by atoms with van der Waals surface area (Å²) in [5, 5.41) is 13.7. The highest BCUT2D eigenvalue weighted by Gasteiger charge is 2.37. The highest BCUT2D eigenvalue weighted by Crippen LogP contribution is 2.31. The van der Waals surface area contributed by atoms with Crippen molar-refractivity contribution in [3.63, 3.8) is 0 Å². The van der Waals surface area contributed by atoms with E-state index in [-0.39, 0.29) is 5.41 Å². The lowest BCUT2D eigenvalue weighted by Gasteiger charge is -2.44. The van der Waals surface area contributed by atoms with Crippen molar-refractivity contribution in [1.29, 1.82) is 0 Å². The molecule has 0 radical (unpaired) electrons. The molecule has 0 bridgehead atoms. The van der Waals surface area contributed by atoms with Gasteiger partial charge in [-0.15, -0.1) is 0 Å². The number of likely N-dealkylation sites (tertiary alicyclic amines) is 1. The Hall–Kier alpha value is -0.160. The number of rotatable bonds is 5. The summed E-state index contributed by atoms with van der Waals surface area (Å²) in [7, 11) is 0. The number of piperidine rings is 1. The quantitative estimate of drug-likeness (QED) is 0.789. The van der Waals surface area contributed by atoms with Crippen LogP contribution in [-0.4, -0.2) is 61.5 Å². The molecule has 4 nitrogen and oxygen atoms in total. The molecule has 2 saturated heterocycles. The molecular weight excluding hydrogens is 240 g/mol. The van der Waals surface area contributed by atoms with Gasteiger partial charge in [0.05, 0.1) is 12.2 Å². The Kier molecular flexibility index (Phi) is 5.23. The Labute approximate surface area is 117 Å². The average Bonchev–Trinajstić information content (AvgIpc) is 2.36. The van der Waals surface area contributed by atoms with Gasteiger partial charge in [0, 0.05) is 31.7 Å². The Morgan fingerprint density at radius 1 is 1.32 bits per heavy atom. The Morgan fingerprint density at radius 3 is 2.79 bits per heavy atom. The standard InChI is InChI=1S/C15H30N2O2/c1-3-16-10-15(7-5-9-19-13-15)12-17-8-4-6-14(2,18)11-17/h16,18H,3-13H2,1-2H3. The molecular formula is C15H30N2O2. The number of hydrogen-bond donors (Lipinski definition) is 2. The van der Waals surface area contributed by atoms with Gasteiger partial charge in [-0.2, -0.15) is 0 Å². The van der Waals surface area contributed by atoms with Crippen molar-refractivity contribution in [2.45, 2.75) is 45.1 Å². The van der Waals surface area contributed by atoms with Gasteiger partial charge in [0.25, 0.3) is 0 Å². The van der Waals surface area contributed by atoms with Crippen LogP contribution in [0.1, 0.15) is 39.5 Å². The van der Waals surface area contributed by atoms with Gasteiger partial charge in [-0.1, -0.05) is 6.92 Å². The maximum Gasteiger partial charge on any atom is 0.0746 e. The van der Waals surface area contributed by atoms with Gasteiger partial charge in [0.1, 0.15) is 0 Å². The molecule has 2 unspecified atom stereocenters. The Bertz CT molecular complexity index is 275. The van der Waals surface area contributed by atoms with Crippen LogP contribution in [0.3, 0.4) is 0 Å². The predicted octanol–water partition coefficient (Wildman–Crippen LogP) is 1.24. The molecule has 2 aliphatic rings. The van der Waals surface area contributed by atoms with E-state index in [0.29, 0.717) is 0 Å². The zero-order valence-corrected chi connectivity index (χ0v) is 12.6. The van der Waals surface area contributed by atoms with Crippen molar-refractivity contribution in [2.75, 3.05) is 45.9 Å². The first-order valence-electron chi connectivity index (χ1n) is 7.79. The zero-order chi connectivity index (χ0) is 13.8. The van der Waals surface area contributed by atoms with E-state index in [9.17, 15) is 5.11 Å². The van der Waals surface area contributed by atoms with Crippen LogP contribution in [0.2, 0.25) is 0 Å². The number of β-amino-alcohol motifs (C(OH)–C–C–N with tert-alkyl or cyclic N) is 1. The number of nitrogens with zero attached hydrogens (tertiary/aromatic N) is 1. The van der Waals surface area contributed by atoms with Crippen molar-refractivity contribution >= 4 is 0 Å². The van der Waals surface area contributed by atoms with Gasteiger partial charge in [0.2, 0.25) is 0 Å².